The maximum absolute atomic E-state index is 13.0. The largest absolute Gasteiger partial charge is 0.270 e. The van der Waals surface area contributed by atoms with Crippen LogP contribution in [-0.2, 0) is 4.79 Å². The molecule has 0 unspecified atom stereocenters. The Bertz CT molecular complexity index is 193. The van der Waals surface area contributed by atoms with E-state index in [9.17, 15) is 13.6 Å². The standard InChI is InChI=1S/C8H11F2NO/c9-8(10,5-11-6-12)7-3-1-2-4-7/h7H,1-5H2. The van der Waals surface area contributed by atoms with Gasteiger partial charge >= 0.3 is 0 Å². The second-order valence-corrected chi connectivity index (χ2v) is 3.15. The van der Waals surface area contributed by atoms with Crippen LogP contribution in [0.25, 0.3) is 0 Å². The SMILES string of the molecule is O=C=NCC(F)(F)C1CCCC1. The summed E-state index contributed by atoms with van der Waals surface area (Å²) in [4.78, 5) is 12.6. The summed E-state index contributed by atoms with van der Waals surface area (Å²) in [5.41, 5.74) is 0. The van der Waals surface area contributed by atoms with Crippen LogP contribution in [0.15, 0.2) is 4.99 Å². The zero-order valence-electron chi connectivity index (χ0n) is 6.72. The second kappa shape index (κ2) is 3.76. The highest BCUT2D eigenvalue weighted by Gasteiger charge is 2.40. The molecular formula is C8H11F2NO. The lowest BCUT2D eigenvalue weighted by Crippen LogP contribution is -2.29. The van der Waals surface area contributed by atoms with Gasteiger partial charge in [0.05, 0.1) is 0 Å². The van der Waals surface area contributed by atoms with Crippen molar-refractivity contribution in [3.05, 3.63) is 0 Å². The highest BCUT2D eigenvalue weighted by molar-refractivity contribution is 5.33. The van der Waals surface area contributed by atoms with Crippen LogP contribution >= 0.6 is 0 Å². The molecule has 68 valence electrons. The first-order valence-electron chi connectivity index (χ1n) is 4.08. The molecule has 0 saturated heterocycles. The molecule has 0 atom stereocenters. The van der Waals surface area contributed by atoms with Gasteiger partial charge in [0.25, 0.3) is 5.92 Å². The first-order chi connectivity index (χ1) is 5.67. The number of hydrogen-bond donors (Lipinski definition) is 0. The molecule has 0 heterocycles. The van der Waals surface area contributed by atoms with Crippen molar-refractivity contribution in [1.82, 2.24) is 0 Å². The smallest absolute Gasteiger partial charge is 0.211 e. The van der Waals surface area contributed by atoms with Crippen molar-refractivity contribution < 1.29 is 13.6 Å². The zero-order valence-corrected chi connectivity index (χ0v) is 6.72. The number of aliphatic imine (C=N–C) groups is 1. The van der Waals surface area contributed by atoms with E-state index in [0.29, 0.717) is 12.8 Å². The van der Waals surface area contributed by atoms with Crippen molar-refractivity contribution >= 4 is 6.08 Å². The lowest BCUT2D eigenvalue weighted by molar-refractivity contribution is -0.0456. The molecule has 1 aliphatic rings. The van der Waals surface area contributed by atoms with Gasteiger partial charge in [-0.15, -0.1) is 0 Å². The highest BCUT2D eigenvalue weighted by atomic mass is 19.3. The first-order valence-corrected chi connectivity index (χ1v) is 4.08. The number of carbonyl (C=O) groups excluding carboxylic acids is 1. The molecule has 0 aromatic rings. The second-order valence-electron chi connectivity index (χ2n) is 3.15. The maximum atomic E-state index is 13.0. The normalized spacial score (nSPS) is 19.2. The summed E-state index contributed by atoms with van der Waals surface area (Å²) in [6, 6.07) is 0. The number of alkyl halides is 2. The molecule has 1 saturated carbocycles. The minimum Gasteiger partial charge on any atom is -0.211 e. The molecule has 1 rings (SSSR count). The zero-order chi connectivity index (χ0) is 9.03. The third kappa shape index (κ3) is 2.11. The van der Waals surface area contributed by atoms with Gasteiger partial charge in [-0.3, -0.25) is 0 Å². The summed E-state index contributed by atoms with van der Waals surface area (Å²) in [5.74, 6) is -3.37. The average Bonchev–Trinajstić information content (AvgIpc) is 2.53. The molecular weight excluding hydrogens is 164 g/mol. The molecule has 1 fully saturated rings. The Hall–Kier alpha value is -0.760. The van der Waals surface area contributed by atoms with Gasteiger partial charge in [0, 0.05) is 5.92 Å². The van der Waals surface area contributed by atoms with E-state index < -0.39 is 18.4 Å². The van der Waals surface area contributed by atoms with Crippen LogP contribution in [-0.4, -0.2) is 18.5 Å². The van der Waals surface area contributed by atoms with E-state index in [1.165, 1.54) is 0 Å². The first kappa shape index (κ1) is 9.33. The molecule has 0 amide bonds. The summed E-state index contributed by atoms with van der Waals surface area (Å²) in [7, 11) is 0. The van der Waals surface area contributed by atoms with Crippen LogP contribution in [0, 0.1) is 5.92 Å². The monoisotopic (exact) mass is 175 g/mol. The molecule has 0 N–H and O–H groups in total. The Balaban J connectivity index is 2.50. The minimum absolute atomic E-state index is 0.557. The fraction of sp³-hybridized carbons (Fsp3) is 0.875. The van der Waals surface area contributed by atoms with E-state index in [1.54, 1.807) is 0 Å². The predicted molar refractivity (Wildman–Crippen MR) is 39.9 cm³/mol. The van der Waals surface area contributed by atoms with Gasteiger partial charge in [-0.1, -0.05) is 12.8 Å². The maximum Gasteiger partial charge on any atom is 0.270 e. The Labute approximate surface area is 69.7 Å². The number of nitrogens with zero attached hydrogens (tertiary/aromatic N) is 1. The molecule has 4 heteroatoms. The Morgan fingerprint density at radius 3 is 2.50 bits per heavy atom. The Morgan fingerprint density at radius 1 is 1.42 bits per heavy atom. The van der Waals surface area contributed by atoms with E-state index in [0.717, 1.165) is 18.9 Å². The minimum atomic E-state index is -2.80. The summed E-state index contributed by atoms with van der Waals surface area (Å²) >= 11 is 0. The van der Waals surface area contributed by atoms with Crippen molar-refractivity contribution in [2.24, 2.45) is 10.9 Å². The van der Waals surface area contributed by atoms with Crippen LogP contribution in [0.2, 0.25) is 0 Å². The van der Waals surface area contributed by atoms with Crippen LogP contribution in [0.1, 0.15) is 25.7 Å². The predicted octanol–water partition coefficient (Wildman–Crippen LogP) is 2.15. The summed E-state index contributed by atoms with van der Waals surface area (Å²) in [6.45, 7) is -0.693. The van der Waals surface area contributed by atoms with Gasteiger partial charge in [0.2, 0.25) is 6.08 Å². The van der Waals surface area contributed by atoms with Crippen molar-refractivity contribution in [3.63, 3.8) is 0 Å². The third-order valence-corrected chi connectivity index (χ3v) is 2.31. The Kier molecular flexibility index (Phi) is 2.93. The van der Waals surface area contributed by atoms with Crippen LogP contribution in [0.4, 0.5) is 8.78 Å². The average molecular weight is 175 g/mol. The molecule has 12 heavy (non-hydrogen) atoms. The van der Waals surface area contributed by atoms with Crippen molar-refractivity contribution in [3.8, 4) is 0 Å². The van der Waals surface area contributed by atoms with Crippen molar-refractivity contribution in [1.29, 1.82) is 0 Å². The highest BCUT2D eigenvalue weighted by Crippen LogP contribution is 2.37. The molecule has 0 aliphatic heterocycles. The van der Waals surface area contributed by atoms with E-state index in [-0.39, 0.29) is 0 Å². The third-order valence-electron chi connectivity index (χ3n) is 2.31. The van der Waals surface area contributed by atoms with Gasteiger partial charge in [-0.05, 0) is 12.8 Å². The topological polar surface area (TPSA) is 29.4 Å². The number of rotatable bonds is 3. The van der Waals surface area contributed by atoms with Gasteiger partial charge in [0.1, 0.15) is 6.54 Å². The van der Waals surface area contributed by atoms with Gasteiger partial charge in [-0.25, -0.2) is 13.6 Å². The number of isocyanates is 1. The fourth-order valence-electron chi connectivity index (χ4n) is 1.61. The fourth-order valence-corrected chi connectivity index (χ4v) is 1.61. The van der Waals surface area contributed by atoms with Crippen LogP contribution < -0.4 is 0 Å². The van der Waals surface area contributed by atoms with Crippen LogP contribution in [0.5, 0.6) is 0 Å². The molecule has 0 radical (unpaired) electrons. The molecule has 0 aromatic carbocycles. The van der Waals surface area contributed by atoms with Gasteiger partial charge in [0.15, 0.2) is 0 Å². The molecule has 0 aromatic heterocycles. The molecule has 1 aliphatic carbocycles. The van der Waals surface area contributed by atoms with Crippen molar-refractivity contribution in [2.75, 3.05) is 6.54 Å². The lowest BCUT2D eigenvalue weighted by Gasteiger charge is -2.19. The van der Waals surface area contributed by atoms with E-state index in [1.807, 2.05) is 0 Å². The summed E-state index contributed by atoms with van der Waals surface area (Å²) in [6.07, 6.45) is 3.99. The van der Waals surface area contributed by atoms with Crippen LogP contribution in [0.3, 0.4) is 0 Å². The summed E-state index contributed by atoms with van der Waals surface area (Å²) < 4.78 is 26.1. The van der Waals surface area contributed by atoms with E-state index >= 15 is 0 Å². The van der Waals surface area contributed by atoms with Gasteiger partial charge in [-0.2, -0.15) is 4.99 Å². The molecule has 2 nitrogen and oxygen atoms in total. The molecule has 0 bridgehead atoms. The van der Waals surface area contributed by atoms with Crippen molar-refractivity contribution in [2.45, 2.75) is 31.6 Å². The lowest BCUT2D eigenvalue weighted by atomic mass is 10.00. The molecule has 0 spiro atoms. The van der Waals surface area contributed by atoms with E-state index in [2.05, 4.69) is 4.99 Å². The van der Waals surface area contributed by atoms with E-state index in [4.69, 9.17) is 0 Å². The number of hydrogen-bond acceptors (Lipinski definition) is 2. The van der Waals surface area contributed by atoms with Gasteiger partial charge < -0.3 is 0 Å². The number of halogens is 2. The Morgan fingerprint density at radius 2 is 2.00 bits per heavy atom. The quantitative estimate of drug-likeness (QED) is 0.477. The summed E-state index contributed by atoms with van der Waals surface area (Å²) in [5, 5.41) is 0.